The highest BCUT2D eigenvalue weighted by Crippen LogP contribution is 2.35. The number of rotatable bonds is 5. The van der Waals surface area contributed by atoms with E-state index < -0.39 is 4.92 Å². The summed E-state index contributed by atoms with van der Waals surface area (Å²) in [5.41, 5.74) is 0.960. The van der Waals surface area contributed by atoms with Crippen LogP contribution >= 0.6 is 0 Å². The number of nitrogens with zero attached hydrogens (tertiary/aromatic N) is 2. The van der Waals surface area contributed by atoms with Gasteiger partial charge < -0.3 is 15.5 Å². The number of carbonyl (C=O) groups is 1. The van der Waals surface area contributed by atoms with Crippen molar-refractivity contribution in [1.29, 1.82) is 0 Å². The van der Waals surface area contributed by atoms with E-state index >= 15 is 0 Å². The zero-order valence-electron chi connectivity index (χ0n) is 15.5. The van der Waals surface area contributed by atoms with E-state index in [1.54, 1.807) is 19.1 Å². The molecule has 0 aliphatic heterocycles. The monoisotopic (exact) mass is 348 g/mol. The first kappa shape index (κ1) is 19.2. The number of nitro groups is 1. The average molecular weight is 348 g/mol. The van der Waals surface area contributed by atoms with Crippen molar-refractivity contribution in [1.82, 2.24) is 10.2 Å². The first-order valence-electron chi connectivity index (χ1n) is 8.71. The summed E-state index contributed by atoms with van der Waals surface area (Å²) in [7, 11) is 4.11. The van der Waals surface area contributed by atoms with Gasteiger partial charge in [0.25, 0.3) is 5.69 Å². The number of amides is 2. The van der Waals surface area contributed by atoms with Crippen LogP contribution in [0.15, 0.2) is 18.2 Å². The van der Waals surface area contributed by atoms with E-state index in [0.717, 1.165) is 19.3 Å². The molecule has 1 aliphatic rings. The summed E-state index contributed by atoms with van der Waals surface area (Å²) in [6.07, 6.45) is 4.50. The summed E-state index contributed by atoms with van der Waals surface area (Å²) >= 11 is 0. The van der Waals surface area contributed by atoms with Gasteiger partial charge in [0.1, 0.15) is 0 Å². The van der Waals surface area contributed by atoms with Gasteiger partial charge in [-0.1, -0.05) is 25.8 Å². The van der Waals surface area contributed by atoms with Gasteiger partial charge in [-0.2, -0.15) is 0 Å². The Hall–Kier alpha value is -2.15. The molecule has 0 unspecified atom stereocenters. The minimum atomic E-state index is -0.442. The number of benzene rings is 1. The van der Waals surface area contributed by atoms with E-state index in [0.29, 0.717) is 23.7 Å². The number of carbonyl (C=O) groups excluding carboxylic acids is 1. The lowest BCUT2D eigenvalue weighted by atomic mass is 9.75. The number of hydrogen-bond acceptors (Lipinski definition) is 4. The Morgan fingerprint density at radius 3 is 2.76 bits per heavy atom. The summed E-state index contributed by atoms with van der Waals surface area (Å²) in [6, 6.07) is 4.36. The molecule has 138 valence electrons. The van der Waals surface area contributed by atoms with Crippen LogP contribution in [-0.2, 0) is 0 Å². The Morgan fingerprint density at radius 1 is 1.44 bits per heavy atom. The number of urea groups is 1. The van der Waals surface area contributed by atoms with Crippen molar-refractivity contribution in [2.45, 2.75) is 45.1 Å². The van der Waals surface area contributed by atoms with Crippen LogP contribution in [0, 0.1) is 23.0 Å². The molecule has 2 N–H and O–H groups in total. The molecule has 2 amide bonds. The smallest absolute Gasteiger partial charge is 0.319 e. The Kier molecular flexibility index (Phi) is 6.00. The van der Waals surface area contributed by atoms with E-state index in [1.807, 2.05) is 0 Å². The van der Waals surface area contributed by atoms with Crippen molar-refractivity contribution in [2.24, 2.45) is 5.92 Å². The van der Waals surface area contributed by atoms with Gasteiger partial charge >= 0.3 is 6.03 Å². The van der Waals surface area contributed by atoms with E-state index in [1.165, 1.54) is 12.5 Å². The van der Waals surface area contributed by atoms with Crippen LogP contribution in [0.3, 0.4) is 0 Å². The maximum atomic E-state index is 12.3. The van der Waals surface area contributed by atoms with Crippen LogP contribution in [0.25, 0.3) is 0 Å². The normalized spacial score (nSPS) is 23.3. The van der Waals surface area contributed by atoms with Gasteiger partial charge in [-0.15, -0.1) is 0 Å². The highest BCUT2D eigenvalue weighted by molar-refractivity contribution is 5.89. The van der Waals surface area contributed by atoms with Gasteiger partial charge in [0.2, 0.25) is 0 Å². The Bertz CT molecular complexity index is 647. The molecule has 1 aromatic rings. The number of likely N-dealkylation sites (N-methyl/N-ethyl adjacent to an activating group) is 1. The van der Waals surface area contributed by atoms with Gasteiger partial charge in [0.05, 0.1) is 4.92 Å². The maximum Gasteiger partial charge on any atom is 0.319 e. The maximum absolute atomic E-state index is 12.3. The third kappa shape index (κ3) is 4.69. The Labute approximate surface area is 148 Å². The fraction of sp³-hybridized carbons (Fsp3) is 0.611. The molecule has 0 spiro atoms. The minimum absolute atomic E-state index is 0.00340. The summed E-state index contributed by atoms with van der Waals surface area (Å²) in [6.45, 7) is 4.49. The van der Waals surface area contributed by atoms with Crippen molar-refractivity contribution in [3.05, 3.63) is 33.9 Å². The SMILES string of the molecule is Cc1ccc(NC(=O)NC[C@]2(N(C)C)CCC[C@@H](C)C2)cc1[N+](=O)[O-]. The topological polar surface area (TPSA) is 87.5 Å². The quantitative estimate of drug-likeness (QED) is 0.629. The molecule has 1 saturated carbocycles. The van der Waals surface area contributed by atoms with Crippen molar-refractivity contribution in [3.63, 3.8) is 0 Å². The average Bonchev–Trinajstić information content (AvgIpc) is 2.54. The summed E-state index contributed by atoms with van der Waals surface area (Å²) in [5.74, 6) is 0.640. The van der Waals surface area contributed by atoms with Crippen molar-refractivity contribution >= 4 is 17.4 Å². The zero-order valence-corrected chi connectivity index (χ0v) is 15.5. The highest BCUT2D eigenvalue weighted by Gasteiger charge is 2.37. The van der Waals surface area contributed by atoms with E-state index in [-0.39, 0.29) is 17.3 Å². The summed E-state index contributed by atoms with van der Waals surface area (Å²) in [4.78, 5) is 25.0. The number of nitrogens with one attached hydrogen (secondary N) is 2. The fourth-order valence-electron chi connectivity index (χ4n) is 3.66. The molecule has 0 aromatic heterocycles. The van der Waals surface area contributed by atoms with Crippen LogP contribution < -0.4 is 10.6 Å². The highest BCUT2D eigenvalue weighted by atomic mass is 16.6. The molecule has 1 aromatic carbocycles. The van der Waals surface area contributed by atoms with E-state index in [2.05, 4.69) is 36.6 Å². The molecular formula is C18H28N4O3. The van der Waals surface area contributed by atoms with Crippen molar-refractivity contribution < 1.29 is 9.72 Å². The summed E-state index contributed by atoms with van der Waals surface area (Å²) < 4.78 is 0. The first-order valence-corrected chi connectivity index (χ1v) is 8.71. The molecule has 1 aliphatic carbocycles. The molecule has 7 nitrogen and oxygen atoms in total. The van der Waals surface area contributed by atoms with Crippen LogP contribution in [0.4, 0.5) is 16.2 Å². The molecule has 0 bridgehead atoms. The first-order chi connectivity index (χ1) is 11.7. The van der Waals surface area contributed by atoms with Crippen molar-refractivity contribution in [2.75, 3.05) is 26.0 Å². The number of nitro benzene ring substituents is 1. The minimum Gasteiger partial charge on any atom is -0.336 e. The second-order valence-corrected chi connectivity index (χ2v) is 7.39. The molecule has 0 heterocycles. The standard InChI is InChI=1S/C18H28N4O3/c1-13-6-5-9-18(11-13,21(3)4)12-19-17(23)20-15-8-7-14(2)16(10-15)22(24)25/h7-8,10,13H,5-6,9,11-12H2,1-4H3,(H2,19,20,23)/t13-,18+/m1/s1. The van der Waals surface area contributed by atoms with Gasteiger partial charge in [0, 0.05) is 29.4 Å². The predicted molar refractivity (Wildman–Crippen MR) is 98.9 cm³/mol. The van der Waals surface area contributed by atoms with Crippen LogP contribution in [0.5, 0.6) is 0 Å². The molecule has 2 atom stereocenters. The van der Waals surface area contributed by atoms with Gasteiger partial charge in [-0.3, -0.25) is 10.1 Å². The molecule has 25 heavy (non-hydrogen) atoms. The largest absolute Gasteiger partial charge is 0.336 e. The van der Waals surface area contributed by atoms with Gasteiger partial charge in [0.15, 0.2) is 0 Å². The Balaban J connectivity index is 2.00. The van der Waals surface area contributed by atoms with E-state index in [9.17, 15) is 14.9 Å². The van der Waals surface area contributed by atoms with Crippen LogP contribution in [0.1, 0.15) is 38.2 Å². The molecule has 2 rings (SSSR count). The summed E-state index contributed by atoms with van der Waals surface area (Å²) in [5, 5.41) is 16.7. The second-order valence-electron chi connectivity index (χ2n) is 7.39. The molecular weight excluding hydrogens is 320 g/mol. The molecule has 0 saturated heterocycles. The number of aryl methyl sites for hydroxylation is 1. The molecule has 7 heteroatoms. The number of anilines is 1. The zero-order chi connectivity index (χ0) is 18.6. The van der Waals surface area contributed by atoms with Crippen LogP contribution in [-0.4, -0.2) is 42.0 Å². The van der Waals surface area contributed by atoms with Crippen molar-refractivity contribution in [3.8, 4) is 0 Å². The fourth-order valence-corrected chi connectivity index (χ4v) is 3.66. The second kappa shape index (κ2) is 7.82. The molecule has 1 fully saturated rings. The third-order valence-corrected chi connectivity index (χ3v) is 5.26. The predicted octanol–water partition coefficient (Wildman–Crippen LogP) is 3.54. The Morgan fingerprint density at radius 2 is 2.16 bits per heavy atom. The third-order valence-electron chi connectivity index (χ3n) is 5.26. The van der Waals surface area contributed by atoms with E-state index in [4.69, 9.17) is 0 Å². The van der Waals surface area contributed by atoms with Gasteiger partial charge in [-0.25, -0.2) is 4.79 Å². The number of hydrogen-bond donors (Lipinski definition) is 2. The lowest BCUT2D eigenvalue weighted by molar-refractivity contribution is -0.385. The lowest BCUT2D eigenvalue weighted by Gasteiger charge is -2.45. The van der Waals surface area contributed by atoms with Crippen LogP contribution in [0.2, 0.25) is 0 Å². The lowest BCUT2D eigenvalue weighted by Crippen LogP contribution is -2.55. The van der Waals surface area contributed by atoms with Gasteiger partial charge in [-0.05, 0) is 45.8 Å². The molecule has 0 radical (unpaired) electrons.